The number of aliphatic imine (C=N–C) groups is 1. The number of anilines is 1. The van der Waals surface area contributed by atoms with Crippen molar-refractivity contribution in [1.29, 1.82) is 0 Å². The molecule has 0 aromatic heterocycles. The van der Waals surface area contributed by atoms with Crippen molar-refractivity contribution >= 4 is 11.9 Å². The highest BCUT2D eigenvalue weighted by Gasteiger charge is 2.10. The van der Waals surface area contributed by atoms with E-state index >= 15 is 0 Å². The van der Waals surface area contributed by atoms with Gasteiger partial charge in [-0.3, -0.25) is 0 Å². The highest BCUT2D eigenvalue weighted by Crippen LogP contribution is 2.18. The fourth-order valence-electron chi connectivity index (χ4n) is 1.38. The average molecular weight is 205 g/mol. The molecule has 4 heteroatoms. The largest absolute Gasteiger partial charge is 0.328 e. The van der Waals surface area contributed by atoms with E-state index in [1.165, 1.54) is 6.20 Å². The topological polar surface area (TPSA) is 18.8 Å². The van der Waals surface area contributed by atoms with Crippen molar-refractivity contribution in [3.8, 4) is 0 Å². The predicted molar refractivity (Wildman–Crippen MR) is 59.2 cm³/mol. The summed E-state index contributed by atoms with van der Waals surface area (Å²) < 4.78 is 12.9. The molecule has 1 aromatic carbocycles. The Labute approximate surface area is 88.1 Å². The Morgan fingerprint density at radius 1 is 1.33 bits per heavy atom. The number of nitrogens with zero attached hydrogens (tertiary/aromatic N) is 3. The van der Waals surface area contributed by atoms with Gasteiger partial charge < -0.3 is 4.90 Å². The SMILES string of the molecule is CN(C1=CN(F)CC=N1)c1ccccc1. The van der Waals surface area contributed by atoms with Gasteiger partial charge in [-0.15, -0.1) is 4.48 Å². The van der Waals surface area contributed by atoms with Gasteiger partial charge >= 0.3 is 0 Å². The minimum Gasteiger partial charge on any atom is -0.328 e. The minimum atomic E-state index is 0.214. The van der Waals surface area contributed by atoms with Crippen molar-refractivity contribution in [2.45, 2.75) is 0 Å². The maximum atomic E-state index is 12.9. The van der Waals surface area contributed by atoms with Crippen LogP contribution in [0.15, 0.2) is 47.3 Å². The predicted octanol–water partition coefficient (Wildman–Crippen LogP) is 2.19. The lowest BCUT2D eigenvalue weighted by Gasteiger charge is -2.22. The van der Waals surface area contributed by atoms with Crippen LogP contribution in [0.1, 0.15) is 0 Å². The molecule has 0 saturated carbocycles. The van der Waals surface area contributed by atoms with Crippen molar-refractivity contribution in [2.75, 3.05) is 18.5 Å². The molecule has 0 saturated heterocycles. The molecule has 1 aliphatic heterocycles. The van der Waals surface area contributed by atoms with Gasteiger partial charge in [0, 0.05) is 18.9 Å². The molecule has 1 aliphatic rings. The quantitative estimate of drug-likeness (QED) is 0.689. The number of halogens is 1. The normalized spacial score (nSPS) is 15.1. The summed E-state index contributed by atoms with van der Waals surface area (Å²) in [6.07, 6.45) is 2.93. The van der Waals surface area contributed by atoms with Gasteiger partial charge in [-0.25, -0.2) is 10.1 Å². The van der Waals surface area contributed by atoms with Crippen LogP contribution in [-0.4, -0.2) is 24.9 Å². The molecule has 1 aromatic rings. The number of para-hydroxylation sites is 1. The van der Waals surface area contributed by atoms with Gasteiger partial charge in [-0.05, 0) is 12.1 Å². The van der Waals surface area contributed by atoms with E-state index in [-0.39, 0.29) is 6.54 Å². The van der Waals surface area contributed by atoms with E-state index in [4.69, 9.17) is 0 Å². The first-order chi connectivity index (χ1) is 7.27. The zero-order valence-electron chi connectivity index (χ0n) is 8.47. The summed E-state index contributed by atoms with van der Waals surface area (Å²) in [4.78, 5) is 5.97. The highest BCUT2D eigenvalue weighted by atomic mass is 19.2. The van der Waals surface area contributed by atoms with Gasteiger partial charge in [0.25, 0.3) is 0 Å². The Kier molecular flexibility index (Phi) is 2.67. The first-order valence-corrected chi connectivity index (χ1v) is 4.73. The van der Waals surface area contributed by atoms with E-state index in [2.05, 4.69) is 4.99 Å². The third-order valence-electron chi connectivity index (χ3n) is 2.22. The van der Waals surface area contributed by atoms with Crippen molar-refractivity contribution in [2.24, 2.45) is 4.99 Å². The van der Waals surface area contributed by atoms with E-state index in [1.807, 2.05) is 42.3 Å². The van der Waals surface area contributed by atoms with Crippen LogP contribution in [0.2, 0.25) is 0 Å². The lowest BCUT2D eigenvalue weighted by atomic mass is 10.3. The fraction of sp³-hybridized carbons (Fsp3) is 0.182. The second-order valence-corrected chi connectivity index (χ2v) is 3.28. The number of rotatable bonds is 2. The Morgan fingerprint density at radius 3 is 2.73 bits per heavy atom. The van der Waals surface area contributed by atoms with Crippen molar-refractivity contribution < 1.29 is 4.48 Å². The second-order valence-electron chi connectivity index (χ2n) is 3.28. The van der Waals surface area contributed by atoms with Crippen LogP contribution in [0.5, 0.6) is 0 Å². The summed E-state index contributed by atoms with van der Waals surface area (Å²) in [6, 6.07) is 9.72. The second kappa shape index (κ2) is 4.13. The smallest absolute Gasteiger partial charge is 0.151 e. The van der Waals surface area contributed by atoms with E-state index in [0.29, 0.717) is 10.9 Å². The van der Waals surface area contributed by atoms with Crippen LogP contribution in [0.4, 0.5) is 10.2 Å². The number of benzene rings is 1. The van der Waals surface area contributed by atoms with Gasteiger partial charge in [0.15, 0.2) is 5.82 Å². The lowest BCUT2D eigenvalue weighted by molar-refractivity contribution is 0.110. The van der Waals surface area contributed by atoms with Crippen LogP contribution in [-0.2, 0) is 0 Å². The molecule has 0 fully saturated rings. The maximum absolute atomic E-state index is 12.9. The summed E-state index contributed by atoms with van der Waals surface area (Å²) in [6.45, 7) is 0.214. The standard InChI is InChI=1S/C11H12FN3/c1-14(10-5-3-2-4-6-10)11-9-15(12)8-7-13-11/h2-7,9H,8H2,1H3. The van der Waals surface area contributed by atoms with Gasteiger partial charge in [0.2, 0.25) is 0 Å². The minimum absolute atomic E-state index is 0.214. The Balaban J connectivity index is 2.21. The average Bonchev–Trinajstić information content (AvgIpc) is 2.29. The first kappa shape index (κ1) is 9.71. The molecule has 1 heterocycles. The van der Waals surface area contributed by atoms with Crippen LogP contribution in [0.3, 0.4) is 0 Å². The molecular weight excluding hydrogens is 193 g/mol. The molecule has 0 bridgehead atoms. The van der Waals surface area contributed by atoms with E-state index in [1.54, 1.807) is 6.21 Å². The monoisotopic (exact) mass is 205 g/mol. The fourth-order valence-corrected chi connectivity index (χ4v) is 1.38. The molecule has 0 amide bonds. The lowest BCUT2D eigenvalue weighted by Crippen LogP contribution is -2.22. The maximum Gasteiger partial charge on any atom is 0.151 e. The molecular formula is C11H12FN3. The van der Waals surface area contributed by atoms with Gasteiger partial charge in [-0.1, -0.05) is 18.2 Å². The summed E-state index contributed by atoms with van der Waals surface area (Å²) in [5.74, 6) is 0.593. The van der Waals surface area contributed by atoms with Crippen LogP contribution in [0, 0.1) is 0 Å². The molecule has 0 N–H and O–H groups in total. The van der Waals surface area contributed by atoms with Crippen LogP contribution in [0.25, 0.3) is 0 Å². The molecule has 0 unspecified atom stereocenters. The zero-order valence-corrected chi connectivity index (χ0v) is 8.47. The van der Waals surface area contributed by atoms with Crippen LogP contribution < -0.4 is 4.90 Å². The highest BCUT2D eigenvalue weighted by molar-refractivity contribution is 5.64. The van der Waals surface area contributed by atoms with E-state index < -0.39 is 0 Å². The van der Waals surface area contributed by atoms with E-state index in [0.717, 1.165) is 5.69 Å². The molecule has 0 atom stereocenters. The number of hydrogen-bond acceptors (Lipinski definition) is 3. The first-order valence-electron chi connectivity index (χ1n) is 4.73. The van der Waals surface area contributed by atoms with Crippen molar-refractivity contribution in [3.05, 3.63) is 42.4 Å². The molecule has 0 radical (unpaired) electrons. The van der Waals surface area contributed by atoms with Crippen molar-refractivity contribution in [3.63, 3.8) is 0 Å². The molecule has 2 rings (SSSR count). The summed E-state index contributed by atoms with van der Waals surface area (Å²) in [7, 11) is 1.86. The summed E-state index contributed by atoms with van der Waals surface area (Å²) >= 11 is 0. The van der Waals surface area contributed by atoms with E-state index in [9.17, 15) is 4.48 Å². The molecule has 3 nitrogen and oxygen atoms in total. The third-order valence-corrected chi connectivity index (χ3v) is 2.22. The molecule has 15 heavy (non-hydrogen) atoms. The Morgan fingerprint density at radius 2 is 2.07 bits per heavy atom. The summed E-state index contributed by atoms with van der Waals surface area (Å²) in [5.41, 5.74) is 0.983. The Bertz CT molecular complexity index is 386. The van der Waals surface area contributed by atoms with Gasteiger partial charge in [0.1, 0.15) is 0 Å². The van der Waals surface area contributed by atoms with Gasteiger partial charge in [0.05, 0.1) is 12.7 Å². The molecule has 78 valence electrons. The number of hydrogen-bond donors (Lipinski definition) is 0. The van der Waals surface area contributed by atoms with Gasteiger partial charge in [-0.2, -0.15) is 0 Å². The summed E-state index contributed by atoms with van der Waals surface area (Å²) in [5, 5.41) is 0.613. The molecule has 0 aliphatic carbocycles. The van der Waals surface area contributed by atoms with Crippen LogP contribution >= 0.6 is 0 Å². The molecule has 0 spiro atoms. The zero-order chi connectivity index (χ0) is 10.7. The van der Waals surface area contributed by atoms with Crippen molar-refractivity contribution in [1.82, 2.24) is 5.12 Å². The third kappa shape index (κ3) is 2.15. The Hall–Kier alpha value is -1.84.